The number of amides is 1. The zero-order valence-electron chi connectivity index (χ0n) is 17.5. The van der Waals surface area contributed by atoms with Crippen LogP contribution in [0.4, 0.5) is 5.69 Å². The largest absolute Gasteiger partial charge is 0.368 e. The summed E-state index contributed by atoms with van der Waals surface area (Å²) in [6.45, 7) is 6.95. The van der Waals surface area contributed by atoms with Gasteiger partial charge in [-0.15, -0.1) is 0 Å². The molecule has 3 aromatic rings. The Morgan fingerprint density at radius 1 is 0.667 bits per heavy atom. The van der Waals surface area contributed by atoms with Crippen molar-refractivity contribution in [1.29, 1.82) is 0 Å². The van der Waals surface area contributed by atoms with E-state index >= 15 is 0 Å². The normalized spacial score (nSPS) is 13.9. The van der Waals surface area contributed by atoms with Gasteiger partial charge >= 0.3 is 0 Å². The van der Waals surface area contributed by atoms with Gasteiger partial charge < -0.3 is 9.80 Å². The second-order valence-electron chi connectivity index (χ2n) is 7.89. The van der Waals surface area contributed by atoms with Gasteiger partial charge in [0.05, 0.1) is 0 Å². The molecular formula is C26H26N2O2. The van der Waals surface area contributed by atoms with Crippen LogP contribution in [0, 0.1) is 13.8 Å². The summed E-state index contributed by atoms with van der Waals surface area (Å²) >= 11 is 0. The number of hydrogen-bond acceptors (Lipinski definition) is 3. The fourth-order valence-corrected chi connectivity index (χ4v) is 3.82. The molecule has 4 nitrogen and oxygen atoms in total. The van der Waals surface area contributed by atoms with Gasteiger partial charge in [0.25, 0.3) is 5.91 Å². The molecule has 0 aliphatic carbocycles. The van der Waals surface area contributed by atoms with Gasteiger partial charge in [-0.05, 0) is 56.3 Å². The Balaban J connectivity index is 1.38. The van der Waals surface area contributed by atoms with Crippen molar-refractivity contribution >= 4 is 17.4 Å². The average Bonchev–Trinajstić information content (AvgIpc) is 2.79. The molecule has 0 radical (unpaired) electrons. The topological polar surface area (TPSA) is 40.6 Å². The lowest BCUT2D eigenvalue weighted by Gasteiger charge is -2.36. The highest BCUT2D eigenvalue weighted by atomic mass is 16.2. The molecule has 0 atom stereocenters. The Kier molecular flexibility index (Phi) is 5.66. The van der Waals surface area contributed by atoms with Crippen molar-refractivity contribution in [3.05, 3.63) is 101 Å². The monoisotopic (exact) mass is 398 g/mol. The molecule has 4 heteroatoms. The van der Waals surface area contributed by atoms with Crippen LogP contribution in [0.3, 0.4) is 0 Å². The molecular weight excluding hydrogens is 372 g/mol. The van der Waals surface area contributed by atoms with Crippen molar-refractivity contribution in [3.8, 4) is 0 Å². The summed E-state index contributed by atoms with van der Waals surface area (Å²) < 4.78 is 0. The molecule has 0 unspecified atom stereocenters. The van der Waals surface area contributed by atoms with Crippen LogP contribution in [0.5, 0.6) is 0 Å². The van der Waals surface area contributed by atoms with Crippen LogP contribution < -0.4 is 4.90 Å². The third kappa shape index (κ3) is 4.28. The molecule has 0 spiro atoms. The van der Waals surface area contributed by atoms with Gasteiger partial charge in [-0.3, -0.25) is 9.59 Å². The molecule has 4 rings (SSSR count). The van der Waals surface area contributed by atoms with Crippen molar-refractivity contribution in [2.45, 2.75) is 13.8 Å². The summed E-state index contributed by atoms with van der Waals surface area (Å²) in [5.74, 6) is 0.132. The summed E-state index contributed by atoms with van der Waals surface area (Å²) in [5.41, 5.74) is 5.46. The number of aryl methyl sites for hydroxylation is 2. The number of carbonyl (C=O) groups is 2. The number of benzene rings is 3. The summed E-state index contributed by atoms with van der Waals surface area (Å²) in [4.78, 5) is 29.6. The van der Waals surface area contributed by atoms with Crippen LogP contribution in [-0.4, -0.2) is 42.8 Å². The van der Waals surface area contributed by atoms with Gasteiger partial charge in [0.15, 0.2) is 5.78 Å². The molecule has 0 bridgehead atoms. The maximum Gasteiger partial charge on any atom is 0.253 e. The zero-order chi connectivity index (χ0) is 21.1. The van der Waals surface area contributed by atoms with E-state index < -0.39 is 0 Å². The Morgan fingerprint density at radius 3 is 1.93 bits per heavy atom. The van der Waals surface area contributed by atoms with Crippen molar-refractivity contribution in [3.63, 3.8) is 0 Å². The van der Waals surface area contributed by atoms with E-state index in [1.54, 1.807) is 0 Å². The number of piperazine rings is 1. The molecule has 1 aliphatic rings. The SMILES string of the molecule is Cc1ccc(C(=O)N2CCN(c3ccc(C(=O)c4cccc(C)c4)cc3)CC2)cc1. The first-order valence-electron chi connectivity index (χ1n) is 10.3. The van der Waals surface area contributed by atoms with Gasteiger partial charge in [0.1, 0.15) is 0 Å². The minimum absolute atomic E-state index is 0.0405. The Morgan fingerprint density at radius 2 is 1.30 bits per heavy atom. The van der Waals surface area contributed by atoms with Gasteiger partial charge in [-0.1, -0.05) is 41.5 Å². The average molecular weight is 399 g/mol. The Hall–Kier alpha value is -3.40. The highest BCUT2D eigenvalue weighted by Gasteiger charge is 2.22. The molecule has 0 aromatic heterocycles. The lowest BCUT2D eigenvalue weighted by Crippen LogP contribution is -2.48. The number of carbonyl (C=O) groups excluding carboxylic acids is 2. The molecule has 1 aliphatic heterocycles. The quantitative estimate of drug-likeness (QED) is 0.608. The number of nitrogens with zero attached hydrogens (tertiary/aromatic N) is 2. The van der Waals surface area contributed by atoms with E-state index in [4.69, 9.17) is 0 Å². The smallest absolute Gasteiger partial charge is 0.253 e. The number of ketones is 1. The lowest BCUT2D eigenvalue weighted by molar-refractivity contribution is 0.0746. The Bertz CT molecular complexity index is 1050. The van der Waals surface area contributed by atoms with E-state index in [1.165, 1.54) is 0 Å². The Labute approximate surface area is 177 Å². The van der Waals surface area contributed by atoms with Crippen LogP contribution in [0.2, 0.25) is 0 Å². The molecule has 1 amide bonds. The van der Waals surface area contributed by atoms with E-state index in [-0.39, 0.29) is 11.7 Å². The number of hydrogen-bond donors (Lipinski definition) is 0. The minimum Gasteiger partial charge on any atom is -0.368 e. The van der Waals surface area contributed by atoms with Crippen LogP contribution in [0.1, 0.15) is 37.4 Å². The summed E-state index contributed by atoms with van der Waals surface area (Å²) in [7, 11) is 0. The predicted molar refractivity (Wildman–Crippen MR) is 120 cm³/mol. The third-order valence-electron chi connectivity index (χ3n) is 5.64. The summed E-state index contributed by atoms with van der Waals surface area (Å²) in [5, 5.41) is 0. The first kappa shape index (κ1) is 19.9. The summed E-state index contributed by atoms with van der Waals surface area (Å²) in [6, 6.07) is 23.2. The summed E-state index contributed by atoms with van der Waals surface area (Å²) in [6.07, 6.45) is 0. The van der Waals surface area contributed by atoms with Gasteiger partial charge in [-0.2, -0.15) is 0 Å². The highest BCUT2D eigenvalue weighted by molar-refractivity contribution is 6.09. The fraction of sp³-hybridized carbons (Fsp3) is 0.231. The third-order valence-corrected chi connectivity index (χ3v) is 5.64. The van der Waals surface area contributed by atoms with Gasteiger partial charge in [0, 0.05) is 48.6 Å². The number of rotatable bonds is 4. The maximum atomic E-state index is 12.7. The molecule has 1 fully saturated rings. The second-order valence-corrected chi connectivity index (χ2v) is 7.89. The highest BCUT2D eigenvalue weighted by Crippen LogP contribution is 2.20. The fourth-order valence-electron chi connectivity index (χ4n) is 3.82. The van der Waals surface area contributed by atoms with Crippen LogP contribution in [-0.2, 0) is 0 Å². The molecule has 0 N–H and O–H groups in total. The van der Waals surface area contributed by atoms with Gasteiger partial charge in [-0.25, -0.2) is 0 Å². The second kappa shape index (κ2) is 8.54. The van der Waals surface area contributed by atoms with Crippen molar-refractivity contribution in [2.24, 2.45) is 0 Å². The molecule has 30 heavy (non-hydrogen) atoms. The van der Waals surface area contributed by atoms with Crippen LogP contribution in [0.25, 0.3) is 0 Å². The van der Waals surface area contributed by atoms with E-state index in [1.807, 2.05) is 91.5 Å². The van der Waals surface area contributed by atoms with E-state index in [0.29, 0.717) is 24.2 Å². The van der Waals surface area contributed by atoms with Crippen LogP contribution in [0.15, 0.2) is 72.8 Å². The van der Waals surface area contributed by atoms with E-state index in [2.05, 4.69) is 4.90 Å². The molecule has 152 valence electrons. The number of anilines is 1. The molecule has 1 saturated heterocycles. The first-order valence-corrected chi connectivity index (χ1v) is 10.3. The van der Waals surface area contributed by atoms with Crippen LogP contribution >= 0.6 is 0 Å². The van der Waals surface area contributed by atoms with Crippen molar-refractivity contribution in [2.75, 3.05) is 31.1 Å². The lowest BCUT2D eigenvalue weighted by atomic mass is 10.0. The molecule has 0 saturated carbocycles. The van der Waals surface area contributed by atoms with Gasteiger partial charge in [0.2, 0.25) is 0 Å². The predicted octanol–water partition coefficient (Wildman–Crippen LogP) is 4.50. The standard InChI is InChI=1S/C26H26N2O2/c1-19-6-8-22(9-7-19)26(30)28-16-14-27(15-17-28)24-12-10-21(11-13-24)25(29)23-5-3-4-20(2)18-23/h3-13,18H,14-17H2,1-2H3. The maximum absolute atomic E-state index is 12.7. The van der Waals surface area contributed by atoms with E-state index in [0.717, 1.165) is 35.5 Å². The first-order chi connectivity index (χ1) is 14.5. The minimum atomic E-state index is 0.0405. The van der Waals surface area contributed by atoms with Crippen molar-refractivity contribution < 1.29 is 9.59 Å². The van der Waals surface area contributed by atoms with E-state index in [9.17, 15) is 9.59 Å². The van der Waals surface area contributed by atoms with Crippen molar-refractivity contribution in [1.82, 2.24) is 4.90 Å². The molecule has 1 heterocycles. The molecule has 3 aromatic carbocycles. The zero-order valence-corrected chi connectivity index (χ0v) is 17.5.